The fourth-order valence-corrected chi connectivity index (χ4v) is 3.11. The highest BCUT2D eigenvalue weighted by molar-refractivity contribution is 4.79. The molecule has 0 bridgehead atoms. The molecule has 3 nitrogen and oxygen atoms in total. The highest BCUT2D eigenvalue weighted by Crippen LogP contribution is 2.16. The predicted octanol–water partition coefficient (Wildman–Crippen LogP) is 1.88. The van der Waals surface area contributed by atoms with Gasteiger partial charge in [0.2, 0.25) is 0 Å². The second kappa shape index (κ2) is 7.34. The fraction of sp³-hybridized carbons (Fsp3) is 1.00. The van der Waals surface area contributed by atoms with Gasteiger partial charge in [0.25, 0.3) is 0 Å². The Morgan fingerprint density at radius 1 is 1.24 bits per heavy atom. The molecular formula is C14H28N2O. The Kier molecular flexibility index (Phi) is 5.75. The average molecular weight is 240 g/mol. The first-order valence-corrected chi connectivity index (χ1v) is 7.42. The molecule has 0 aromatic carbocycles. The third kappa shape index (κ3) is 4.57. The van der Waals surface area contributed by atoms with Crippen LogP contribution in [-0.2, 0) is 4.74 Å². The highest BCUT2D eigenvalue weighted by atomic mass is 16.5. The maximum atomic E-state index is 5.59. The van der Waals surface area contributed by atoms with Gasteiger partial charge >= 0.3 is 0 Å². The number of rotatable bonds is 6. The molecule has 1 N–H and O–H groups in total. The zero-order valence-corrected chi connectivity index (χ0v) is 11.3. The third-order valence-electron chi connectivity index (χ3n) is 3.95. The van der Waals surface area contributed by atoms with E-state index >= 15 is 0 Å². The fourth-order valence-electron chi connectivity index (χ4n) is 3.11. The van der Waals surface area contributed by atoms with Gasteiger partial charge in [0.15, 0.2) is 0 Å². The van der Waals surface area contributed by atoms with E-state index in [4.69, 9.17) is 4.74 Å². The minimum Gasteiger partial charge on any atom is -0.381 e. The van der Waals surface area contributed by atoms with E-state index in [-0.39, 0.29) is 0 Å². The summed E-state index contributed by atoms with van der Waals surface area (Å²) in [6, 6.07) is 0.742. The van der Waals surface area contributed by atoms with E-state index in [0.717, 1.165) is 25.2 Å². The molecule has 0 radical (unpaired) electrons. The van der Waals surface area contributed by atoms with Crippen molar-refractivity contribution in [2.75, 3.05) is 39.4 Å². The number of hydrogen-bond donors (Lipinski definition) is 1. The largest absolute Gasteiger partial charge is 0.381 e. The lowest BCUT2D eigenvalue weighted by atomic mass is 10.0. The molecule has 2 rings (SSSR count). The molecule has 2 heterocycles. The summed E-state index contributed by atoms with van der Waals surface area (Å²) >= 11 is 0. The van der Waals surface area contributed by atoms with Crippen LogP contribution in [0.25, 0.3) is 0 Å². The van der Waals surface area contributed by atoms with E-state index < -0.39 is 0 Å². The van der Waals surface area contributed by atoms with Gasteiger partial charge in [-0.2, -0.15) is 0 Å². The Bertz CT molecular complexity index is 198. The molecule has 2 aliphatic heterocycles. The standard InChI is InChI=1S/C14H28N2O/c1-2-8-16(11-14-6-3-7-15-14)10-13-5-4-9-17-12-13/h13-15H,2-12H2,1H3. The monoisotopic (exact) mass is 240 g/mol. The molecule has 0 saturated carbocycles. The molecule has 2 atom stereocenters. The first-order valence-electron chi connectivity index (χ1n) is 7.42. The topological polar surface area (TPSA) is 24.5 Å². The number of hydrogen-bond acceptors (Lipinski definition) is 3. The van der Waals surface area contributed by atoms with E-state index in [1.807, 2.05) is 0 Å². The second-order valence-corrected chi connectivity index (χ2v) is 5.64. The molecule has 0 amide bonds. The van der Waals surface area contributed by atoms with E-state index in [0.29, 0.717) is 0 Å². The maximum absolute atomic E-state index is 5.59. The van der Waals surface area contributed by atoms with E-state index in [2.05, 4.69) is 17.1 Å². The summed E-state index contributed by atoms with van der Waals surface area (Å²) in [5.74, 6) is 0.775. The van der Waals surface area contributed by atoms with E-state index in [1.54, 1.807) is 0 Å². The van der Waals surface area contributed by atoms with Crippen molar-refractivity contribution in [3.8, 4) is 0 Å². The summed E-state index contributed by atoms with van der Waals surface area (Å²) in [4.78, 5) is 2.66. The van der Waals surface area contributed by atoms with E-state index in [1.165, 1.54) is 58.3 Å². The van der Waals surface area contributed by atoms with Crippen molar-refractivity contribution in [3.63, 3.8) is 0 Å². The van der Waals surface area contributed by atoms with Gasteiger partial charge < -0.3 is 15.0 Å². The van der Waals surface area contributed by atoms with Gasteiger partial charge in [0.05, 0.1) is 6.61 Å². The summed E-state index contributed by atoms with van der Waals surface area (Å²) < 4.78 is 5.59. The van der Waals surface area contributed by atoms with Crippen molar-refractivity contribution in [1.82, 2.24) is 10.2 Å². The quantitative estimate of drug-likeness (QED) is 0.767. The first-order chi connectivity index (χ1) is 8.38. The minimum atomic E-state index is 0.742. The van der Waals surface area contributed by atoms with Crippen LogP contribution in [0, 0.1) is 5.92 Å². The normalized spacial score (nSPS) is 30.0. The summed E-state index contributed by atoms with van der Waals surface area (Å²) in [5.41, 5.74) is 0. The van der Waals surface area contributed by atoms with Crippen LogP contribution in [0.2, 0.25) is 0 Å². The van der Waals surface area contributed by atoms with Crippen molar-refractivity contribution >= 4 is 0 Å². The van der Waals surface area contributed by atoms with Crippen molar-refractivity contribution in [2.24, 2.45) is 5.92 Å². The lowest BCUT2D eigenvalue weighted by molar-refractivity contribution is 0.0373. The molecule has 0 aliphatic carbocycles. The Balaban J connectivity index is 1.74. The zero-order valence-electron chi connectivity index (χ0n) is 11.3. The molecule has 0 aromatic rings. The lowest BCUT2D eigenvalue weighted by Gasteiger charge is -2.31. The van der Waals surface area contributed by atoms with Crippen LogP contribution >= 0.6 is 0 Å². The summed E-state index contributed by atoms with van der Waals surface area (Å²) in [7, 11) is 0. The Labute approximate surface area is 106 Å². The van der Waals surface area contributed by atoms with Gasteiger partial charge in [0.1, 0.15) is 0 Å². The van der Waals surface area contributed by atoms with Gasteiger partial charge in [-0.25, -0.2) is 0 Å². The predicted molar refractivity (Wildman–Crippen MR) is 71.3 cm³/mol. The molecule has 0 spiro atoms. The molecule has 100 valence electrons. The van der Waals surface area contributed by atoms with Crippen LogP contribution in [0.1, 0.15) is 39.0 Å². The SMILES string of the molecule is CCCN(CC1CCCOC1)CC1CCCN1. The van der Waals surface area contributed by atoms with Gasteiger partial charge in [-0.15, -0.1) is 0 Å². The van der Waals surface area contributed by atoms with Crippen molar-refractivity contribution in [1.29, 1.82) is 0 Å². The smallest absolute Gasteiger partial charge is 0.0506 e. The van der Waals surface area contributed by atoms with Crippen LogP contribution in [0.4, 0.5) is 0 Å². The van der Waals surface area contributed by atoms with Gasteiger partial charge in [-0.05, 0) is 51.1 Å². The molecule has 2 saturated heterocycles. The number of ether oxygens (including phenoxy) is 1. The molecule has 17 heavy (non-hydrogen) atoms. The zero-order chi connectivity index (χ0) is 11.9. The number of nitrogens with one attached hydrogen (secondary N) is 1. The maximum Gasteiger partial charge on any atom is 0.0506 e. The molecule has 3 heteroatoms. The number of nitrogens with zero attached hydrogens (tertiary/aromatic N) is 1. The molecule has 2 unspecified atom stereocenters. The van der Waals surface area contributed by atoms with Crippen molar-refractivity contribution in [2.45, 2.75) is 45.1 Å². The molecular weight excluding hydrogens is 212 g/mol. The van der Waals surface area contributed by atoms with Crippen LogP contribution in [0.3, 0.4) is 0 Å². The van der Waals surface area contributed by atoms with Crippen molar-refractivity contribution in [3.05, 3.63) is 0 Å². The first kappa shape index (κ1) is 13.3. The van der Waals surface area contributed by atoms with Crippen LogP contribution < -0.4 is 5.32 Å². The Hall–Kier alpha value is -0.120. The average Bonchev–Trinajstić information content (AvgIpc) is 2.83. The summed E-state index contributed by atoms with van der Waals surface area (Å²) in [5, 5.41) is 3.61. The molecule has 2 aliphatic rings. The van der Waals surface area contributed by atoms with Crippen LogP contribution in [0.5, 0.6) is 0 Å². The third-order valence-corrected chi connectivity index (χ3v) is 3.95. The van der Waals surface area contributed by atoms with Gasteiger partial charge in [-0.1, -0.05) is 6.92 Å². The minimum absolute atomic E-state index is 0.742. The Morgan fingerprint density at radius 3 is 2.82 bits per heavy atom. The molecule has 2 fully saturated rings. The lowest BCUT2D eigenvalue weighted by Crippen LogP contribution is -2.41. The second-order valence-electron chi connectivity index (χ2n) is 5.64. The van der Waals surface area contributed by atoms with Crippen LogP contribution in [-0.4, -0.2) is 50.3 Å². The Morgan fingerprint density at radius 2 is 2.18 bits per heavy atom. The summed E-state index contributed by atoms with van der Waals surface area (Å²) in [6.07, 6.45) is 6.60. The van der Waals surface area contributed by atoms with Crippen molar-refractivity contribution < 1.29 is 4.74 Å². The highest BCUT2D eigenvalue weighted by Gasteiger charge is 2.21. The van der Waals surface area contributed by atoms with Gasteiger partial charge in [0, 0.05) is 25.7 Å². The van der Waals surface area contributed by atoms with E-state index in [9.17, 15) is 0 Å². The summed E-state index contributed by atoms with van der Waals surface area (Å²) in [6.45, 7) is 9.20. The molecule has 0 aromatic heterocycles. The van der Waals surface area contributed by atoms with Crippen LogP contribution in [0.15, 0.2) is 0 Å². The van der Waals surface area contributed by atoms with Gasteiger partial charge in [-0.3, -0.25) is 0 Å².